The monoisotopic (exact) mass is 447 g/mol. The highest BCUT2D eigenvalue weighted by atomic mass is 16.5. The molecule has 4 rings (SSSR count). The van der Waals surface area contributed by atoms with Crippen LogP contribution in [0.15, 0.2) is 65.4 Å². The average molecular weight is 448 g/mol. The zero-order valence-corrected chi connectivity index (χ0v) is 19.2. The van der Waals surface area contributed by atoms with Crippen LogP contribution in [0.5, 0.6) is 0 Å². The van der Waals surface area contributed by atoms with Crippen LogP contribution in [0.2, 0.25) is 0 Å². The molecule has 1 fully saturated rings. The van der Waals surface area contributed by atoms with E-state index in [9.17, 15) is 14.7 Å². The van der Waals surface area contributed by atoms with Gasteiger partial charge in [-0.3, -0.25) is 10.1 Å². The molecule has 2 N–H and O–H groups in total. The molecule has 0 aromatic heterocycles. The summed E-state index contributed by atoms with van der Waals surface area (Å²) in [4.78, 5) is 23.7. The Kier molecular flexibility index (Phi) is 6.27. The van der Waals surface area contributed by atoms with Crippen LogP contribution in [-0.4, -0.2) is 30.4 Å². The van der Waals surface area contributed by atoms with Gasteiger partial charge in [-0.05, 0) is 60.9 Å². The third kappa shape index (κ3) is 4.38. The number of hydrogen-bond acceptors (Lipinski definition) is 4. The lowest BCUT2D eigenvalue weighted by molar-refractivity contribution is -0.140. The zero-order valence-electron chi connectivity index (χ0n) is 19.2. The molecule has 1 amide bonds. The number of amides is 1. The Morgan fingerprint density at radius 2 is 1.58 bits per heavy atom. The predicted molar refractivity (Wildman–Crippen MR) is 126 cm³/mol. The van der Waals surface area contributed by atoms with Crippen LogP contribution in [0, 0.1) is 0 Å². The van der Waals surface area contributed by atoms with Crippen LogP contribution >= 0.6 is 0 Å². The first kappa shape index (κ1) is 22.6. The Bertz CT molecular complexity index is 1120. The van der Waals surface area contributed by atoms with Crippen LogP contribution in [0.25, 0.3) is 16.9 Å². The summed E-state index contributed by atoms with van der Waals surface area (Å²) < 4.78 is 11.1. The van der Waals surface area contributed by atoms with Crippen molar-refractivity contribution in [3.8, 4) is 11.1 Å². The van der Waals surface area contributed by atoms with Crippen molar-refractivity contribution >= 4 is 17.8 Å². The lowest BCUT2D eigenvalue weighted by Crippen LogP contribution is -2.28. The van der Waals surface area contributed by atoms with Gasteiger partial charge < -0.3 is 14.6 Å². The van der Waals surface area contributed by atoms with E-state index in [4.69, 9.17) is 9.47 Å². The summed E-state index contributed by atoms with van der Waals surface area (Å²) in [6, 6.07) is 15.7. The fraction of sp³-hybridized carbons (Fsp3) is 0.333. The maximum absolute atomic E-state index is 12.1. The molecule has 172 valence electrons. The summed E-state index contributed by atoms with van der Waals surface area (Å²) in [5.41, 5.74) is 5.83. The van der Waals surface area contributed by atoms with E-state index < -0.39 is 17.5 Å². The highest BCUT2D eigenvalue weighted by Gasteiger charge is 2.51. The molecule has 0 unspecified atom stereocenters. The Morgan fingerprint density at radius 1 is 1.00 bits per heavy atom. The minimum absolute atomic E-state index is 0.291. The SMILES string of the molecule is CCOC(=O)NC1=C(c2ccc(-c3ccc(C4(C(=O)O)CC4)cc3)cc2)OCC(CC)=C1C. The molecule has 1 saturated carbocycles. The topological polar surface area (TPSA) is 84.9 Å². The fourth-order valence-electron chi connectivity index (χ4n) is 4.25. The summed E-state index contributed by atoms with van der Waals surface area (Å²) in [5, 5.41) is 12.4. The molecule has 0 atom stereocenters. The third-order valence-electron chi connectivity index (χ3n) is 6.53. The van der Waals surface area contributed by atoms with E-state index >= 15 is 0 Å². The van der Waals surface area contributed by atoms with Gasteiger partial charge in [0.1, 0.15) is 6.61 Å². The van der Waals surface area contributed by atoms with Crippen molar-refractivity contribution in [1.82, 2.24) is 5.32 Å². The quantitative estimate of drug-likeness (QED) is 0.574. The Hall–Kier alpha value is -3.54. The Morgan fingerprint density at radius 3 is 2.09 bits per heavy atom. The second-order valence-electron chi connectivity index (χ2n) is 8.46. The van der Waals surface area contributed by atoms with E-state index in [-0.39, 0.29) is 0 Å². The first-order valence-electron chi connectivity index (χ1n) is 11.3. The number of carboxylic acid groups (broad SMARTS) is 1. The minimum Gasteiger partial charge on any atom is -0.486 e. The largest absolute Gasteiger partial charge is 0.486 e. The van der Waals surface area contributed by atoms with Gasteiger partial charge in [0.2, 0.25) is 0 Å². The molecule has 0 bridgehead atoms. The number of alkyl carbamates (subject to hydrolysis) is 1. The number of carbonyl (C=O) groups excluding carboxylic acids is 1. The highest BCUT2D eigenvalue weighted by molar-refractivity contribution is 5.85. The summed E-state index contributed by atoms with van der Waals surface area (Å²) in [6.07, 6.45) is 1.73. The van der Waals surface area contributed by atoms with Gasteiger partial charge in [-0.25, -0.2) is 4.79 Å². The van der Waals surface area contributed by atoms with Gasteiger partial charge in [0.15, 0.2) is 5.76 Å². The van der Waals surface area contributed by atoms with Gasteiger partial charge in [-0.1, -0.05) is 55.5 Å². The highest BCUT2D eigenvalue weighted by Crippen LogP contribution is 2.48. The molecular formula is C27H29NO5. The second kappa shape index (κ2) is 9.14. The first-order chi connectivity index (χ1) is 15.9. The number of rotatable bonds is 7. The van der Waals surface area contributed by atoms with E-state index in [0.717, 1.165) is 39.8 Å². The van der Waals surface area contributed by atoms with Crippen molar-refractivity contribution in [2.45, 2.75) is 45.4 Å². The normalized spacial score (nSPS) is 16.8. The van der Waals surface area contributed by atoms with E-state index in [2.05, 4.69) is 12.2 Å². The first-order valence-corrected chi connectivity index (χ1v) is 11.3. The van der Waals surface area contributed by atoms with Crippen molar-refractivity contribution in [2.75, 3.05) is 13.2 Å². The van der Waals surface area contributed by atoms with E-state index in [1.165, 1.54) is 0 Å². The van der Waals surface area contributed by atoms with Crippen LogP contribution in [0.3, 0.4) is 0 Å². The van der Waals surface area contributed by atoms with Crippen LogP contribution in [0.1, 0.15) is 51.2 Å². The molecule has 0 saturated heterocycles. The van der Waals surface area contributed by atoms with Gasteiger partial charge in [0, 0.05) is 5.56 Å². The second-order valence-corrected chi connectivity index (χ2v) is 8.46. The third-order valence-corrected chi connectivity index (χ3v) is 6.53. The number of nitrogens with one attached hydrogen (secondary N) is 1. The maximum atomic E-state index is 12.1. The van der Waals surface area contributed by atoms with Crippen LogP contribution in [-0.2, 0) is 19.7 Å². The van der Waals surface area contributed by atoms with Gasteiger partial charge in [0.25, 0.3) is 0 Å². The minimum atomic E-state index is -0.747. The number of hydrogen-bond donors (Lipinski definition) is 2. The molecule has 1 aliphatic heterocycles. The number of benzene rings is 2. The number of carboxylic acids is 1. The number of aliphatic carboxylic acids is 1. The standard InChI is InChI=1S/C27H29NO5/c1-4-18-16-33-24(23(17(18)3)28-26(31)32-5-2)21-8-6-19(7-9-21)20-10-12-22(13-11-20)27(14-15-27)25(29)30/h6-13H,4-5,14-16H2,1-3H3,(H,28,31)(H,29,30). The average Bonchev–Trinajstić information content (AvgIpc) is 3.63. The number of carbonyl (C=O) groups is 2. The molecule has 0 radical (unpaired) electrons. The Balaban J connectivity index is 1.61. The van der Waals surface area contributed by atoms with Gasteiger partial charge >= 0.3 is 12.1 Å². The number of allylic oxidation sites excluding steroid dienone is 1. The Labute approximate surface area is 193 Å². The van der Waals surface area contributed by atoms with Crippen molar-refractivity contribution in [3.63, 3.8) is 0 Å². The van der Waals surface area contributed by atoms with Gasteiger partial charge in [0.05, 0.1) is 17.7 Å². The van der Waals surface area contributed by atoms with Crippen molar-refractivity contribution in [3.05, 3.63) is 76.5 Å². The maximum Gasteiger partial charge on any atom is 0.411 e. The number of ether oxygens (including phenoxy) is 2. The van der Waals surface area contributed by atoms with Crippen LogP contribution < -0.4 is 5.32 Å². The molecule has 1 heterocycles. The molecule has 33 heavy (non-hydrogen) atoms. The lowest BCUT2D eigenvalue weighted by Gasteiger charge is -2.25. The fourth-order valence-corrected chi connectivity index (χ4v) is 4.25. The predicted octanol–water partition coefficient (Wildman–Crippen LogP) is 5.64. The molecular weight excluding hydrogens is 418 g/mol. The van der Waals surface area contributed by atoms with E-state index in [0.29, 0.717) is 37.5 Å². The van der Waals surface area contributed by atoms with Crippen molar-refractivity contribution in [2.24, 2.45) is 0 Å². The smallest absolute Gasteiger partial charge is 0.411 e. The lowest BCUT2D eigenvalue weighted by atomic mass is 9.93. The van der Waals surface area contributed by atoms with E-state index in [1.54, 1.807) is 6.92 Å². The summed E-state index contributed by atoms with van der Waals surface area (Å²) >= 11 is 0. The molecule has 0 spiro atoms. The zero-order chi connectivity index (χ0) is 23.6. The van der Waals surface area contributed by atoms with Gasteiger partial charge in [-0.2, -0.15) is 0 Å². The summed E-state index contributed by atoms with van der Waals surface area (Å²) in [6.45, 7) is 6.60. The molecule has 2 aromatic rings. The van der Waals surface area contributed by atoms with Crippen LogP contribution in [0.4, 0.5) is 4.79 Å². The molecule has 2 aromatic carbocycles. The van der Waals surface area contributed by atoms with Crippen molar-refractivity contribution < 1.29 is 24.2 Å². The summed E-state index contributed by atoms with van der Waals surface area (Å²) in [5.74, 6) is -0.125. The molecule has 1 aliphatic carbocycles. The van der Waals surface area contributed by atoms with Gasteiger partial charge in [-0.15, -0.1) is 0 Å². The van der Waals surface area contributed by atoms with E-state index in [1.807, 2.05) is 55.5 Å². The molecule has 6 nitrogen and oxygen atoms in total. The molecule has 6 heteroatoms. The molecule has 2 aliphatic rings. The van der Waals surface area contributed by atoms with Crippen molar-refractivity contribution in [1.29, 1.82) is 0 Å². The summed E-state index contributed by atoms with van der Waals surface area (Å²) in [7, 11) is 0.